The van der Waals surface area contributed by atoms with E-state index in [1.165, 1.54) is 24.0 Å². The third-order valence-corrected chi connectivity index (χ3v) is 4.44. The smallest absolute Gasteiger partial charge is 0.123 e. The van der Waals surface area contributed by atoms with Gasteiger partial charge in [-0.2, -0.15) is 0 Å². The molecule has 2 atom stereocenters. The molecule has 0 spiro atoms. The van der Waals surface area contributed by atoms with Gasteiger partial charge in [-0.05, 0) is 37.9 Å². The van der Waals surface area contributed by atoms with Crippen LogP contribution in [-0.4, -0.2) is 19.2 Å². The van der Waals surface area contributed by atoms with Crippen molar-refractivity contribution in [1.29, 1.82) is 0 Å². The first-order valence-electron chi connectivity index (χ1n) is 8.61. The molecule has 0 aliphatic carbocycles. The summed E-state index contributed by atoms with van der Waals surface area (Å²) in [5.41, 5.74) is 2.59. The first-order valence-corrected chi connectivity index (χ1v) is 8.61. The van der Waals surface area contributed by atoms with Gasteiger partial charge in [0.1, 0.15) is 5.75 Å². The third kappa shape index (κ3) is 4.12. The summed E-state index contributed by atoms with van der Waals surface area (Å²) in [6.45, 7) is 4.66. The van der Waals surface area contributed by atoms with Crippen LogP contribution in [0.25, 0.3) is 0 Å². The van der Waals surface area contributed by atoms with E-state index >= 15 is 0 Å². The van der Waals surface area contributed by atoms with Gasteiger partial charge >= 0.3 is 0 Å². The van der Waals surface area contributed by atoms with Gasteiger partial charge in [0.05, 0.1) is 6.61 Å². The molecule has 122 valence electrons. The first kappa shape index (κ1) is 16.0. The first-order chi connectivity index (χ1) is 11.4. The Bertz CT molecular complexity index is 600. The van der Waals surface area contributed by atoms with Crippen LogP contribution < -0.4 is 15.4 Å². The molecule has 1 heterocycles. The van der Waals surface area contributed by atoms with Crippen molar-refractivity contribution in [1.82, 2.24) is 10.6 Å². The highest BCUT2D eigenvalue weighted by Gasteiger charge is 2.25. The second-order valence-electron chi connectivity index (χ2n) is 6.01. The summed E-state index contributed by atoms with van der Waals surface area (Å²) in [6, 6.07) is 19.9. The molecule has 3 heteroatoms. The van der Waals surface area contributed by atoms with E-state index in [1.807, 2.05) is 19.1 Å². The van der Waals surface area contributed by atoms with Gasteiger partial charge in [-0.1, -0.05) is 48.5 Å². The van der Waals surface area contributed by atoms with Crippen LogP contribution in [-0.2, 0) is 6.54 Å². The number of hydrogen-bond acceptors (Lipinski definition) is 3. The third-order valence-electron chi connectivity index (χ3n) is 4.44. The number of para-hydroxylation sites is 1. The minimum Gasteiger partial charge on any atom is -0.494 e. The molecule has 0 aromatic heterocycles. The topological polar surface area (TPSA) is 33.3 Å². The quantitative estimate of drug-likeness (QED) is 0.854. The normalized spacial score (nSPS) is 21.1. The molecule has 1 aliphatic heterocycles. The second kappa shape index (κ2) is 8.14. The predicted molar refractivity (Wildman–Crippen MR) is 94.7 cm³/mol. The average molecular weight is 310 g/mol. The Kier molecular flexibility index (Phi) is 5.67. The fraction of sp³-hybridized carbons (Fsp3) is 0.400. The Hall–Kier alpha value is -1.84. The van der Waals surface area contributed by atoms with Crippen LogP contribution in [0.3, 0.4) is 0 Å². The monoisotopic (exact) mass is 310 g/mol. The number of hydrogen-bond donors (Lipinski definition) is 2. The van der Waals surface area contributed by atoms with Crippen molar-refractivity contribution >= 4 is 0 Å². The molecule has 2 aromatic rings. The summed E-state index contributed by atoms with van der Waals surface area (Å²) < 4.78 is 5.73. The highest BCUT2D eigenvalue weighted by Crippen LogP contribution is 2.25. The van der Waals surface area contributed by atoms with Crippen molar-refractivity contribution in [2.75, 3.05) is 13.2 Å². The molecule has 1 fully saturated rings. The molecular formula is C20H26N2O. The summed E-state index contributed by atoms with van der Waals surface area (Å²) in [5, 5.41) is 7.41. The fourth-order valence-electron chi connectivity index (χ4n) is 3.31. The molecule has 0 amide bonds. The van der Waals surface area contributed by atoms with E-state index in [0.29, 0.717) is 18.7 Å². The molecule has 2 N–H and O–H groups in total. The lowest BCUT2D eigenvalue weighted by atomic mass is 9.92. The van der Waals surface area contributed by atoms with Gasteiger partial charge < -0.3 is 15.4 Å². The Labute approximate surface area is 139 Å². The van der Waals surface area contributed by atoms with Crippen molar-refractivity contribution in [2.24, 2.45) is 0 Å². The van der Waals surface area contributed by atoms with Crippen molar-refractivity contribution in [3.8, 4) is 5.75 Å². The van der Waals surface area contributed by atoms with Crippen molar-refractivity contribution in [2.45, 2.75) is 38.4 Å². The van der Waals surface area contributed by atoms with Gasteiger partial charge in [0.2, 0.25) is 0 Å². The number of ether oxygens (including phenoxy) is 1. The van der Waals surface area contributed by atoms with E-state index in [0.717, 1.165) is 18.8 Å². The largest absolute Gasteiger partial charge is 0.494 e. The van der Waals surface area contributed by atoms with Crippen molar-refractivity contribution in [3.63, 3.8) is 0 Å². The molecule has 1 aliphatic rings. The number of benzene rings is 2. The lowest BCUT2D eigenvalue weighted by Crippen LogP contribution is -2.45. The lowest BCUT2D eigenvalue weighted by Gasteiger charge is -2.34. The average Bonchev–Trinajstić information content (AvgIpc) is 2.62. The van der Waals surface area contributed by atoms with Crippen LogP contribution in [0.5, 0.6) is 5.75 Å². The Morgan fingerprint density at radius 3 is 2.70 bits per heavy atom. The summed E-state index contributed by atoms with van der Waals surface area (Å²) in [4.78, 5) is 0. The van der Waals surface area contributed by atoms with E-state index in [2.05, 4.69) is 53.1 Å². The van der Waals surface area contributed by atoms with E-state index < -0.39 is 0 Å². The van der Waals surface area contributed by atoms with Crippen LogP contribution in [0.2, 0.25) is 0 Å². The van der Waals surface area contributed by atoms with E-state index in [-0.39, 0.29) is 0 Å². The molecule has 0 bridgehead atoms. The molecule has 0 saturated carbocycles. The maximum absolute atomic E-state index is 5.73. The molecule has 1 saturated heterocycles. The number of nitrogens with one attached hydrogen (secondary N) is 2. The van der Waals surface area contributed by atoms with Crippen molar-refractivity contribution < 1.29 is 4.74 Å². The molecule has 3 rings (SSSR count). The van der Waals surface area contributed by atoms with Gasteiger partial charge in [-0.15, -0.1) is 0 Å². The Morgan fingerprint density at radius 2 is 1.87 bits per heavy atom. The zero-order chi connectivity index (χ0) is 15.9. The van der Waals surface area contributed by atoms with Crippen LogP contribution in [0, 0.1) is 0 Å². The van der Waals surface area contributed by atoms with Gasteiger partial charge in [0, 0.05) is 24.2 Å². The summed E-state index contributed by atoms with van der Waals surface area (Å²) >= 11 is 0. The van der Waals surface area contributed by atoms with Crippen LogP contribution in [0.4, 0.5) is 0 Å². The maximum atomic E-state index is 5.73. The Morgan fingerprint density at radius 1 is 1.09 bits per heavy atom. The zero-order valence-corrected chi connectivity index (χ0v) is 13.8. The zero-order valence-electron chi connectivity index (χ0n) is 13.8. The predicted octanol–water partition coefficient (Wildman–Crippen LogP) is 3.67. The van der Waals surface area contributed by atoms with Gasteiger partial charge in [-0.25, -0.2) is 0 Å². The summed E-state index contributed by atoms with van der Waals surface area (Å²) in [7, 11) is 0. The lowest BCUT2D eigenvalue weighted by molar-refractivity contribution is 0.299. The van der Waals surface area contributed by atoms with E-state index in [9.17, 15) is 0 Å². The number of rotatable bonds is 6. The molecule has 0 radical (unpaired) electrons. The van der Waals surface area contributed by atoms with E-state index in [4.69, 9.17) is 4.74 Å². The standard InChI is InChI=1S/C20H26N2O/c1-2-23-19-13-7-6-11-17(19)15-22-18-12-8-14-21-20(18)16-9-4-3-5-10-16/h3-7,9-11,13,18,20-22H,2,8,12,14-15H2,1H3. The maximum Gasteiger partial charge on any atom is 0.123 e. The fourth-order valence-corrected chi connectivity index (χ4v) is 3.31. The van der Waals surface area contributed by atoms with Crippen LogP contribution >= 0.6 is 0 Å². The second-order valence-corrected chi connectivity index (χ2v) is 6.01. The molecule has 3 nitrogen and oxygen atoms in total. The summed E-state index contributed by atoms with van der Waals surface area (Å²) in [5.74, 6) is 0.988. The minimum atomic E-state index is 0.379. The highest BCUT2D eigenvalue weighted by atomic mass is 16.5. The van der Waals surface area contributed by atoms with Gasteiger partial charge in [0.15, 0.2) is 0 Å². The van der Waals surface area contributed by atoms with Crippen LogP contribution in [0.15, 0.2) is 54.6 Å². The number of piperidine rings is 1. The Balaban J connectivity index is 1.68. The molecular weight excluding hydrogens is 284 g/mol. The van der Waals surface area contributed by atoms with Gasteiger partial charge in [-0.3, -0.25) is 0 Å². The SMILES string of the molecule is CCOc1ccccc1CNC1CCCNC1c1ccccc1. The van der Waals surface area contributed by atoms with Crippen LogP contribution in [0.1, 0.15) is 36.9 Å². The molecule has 2 unspecified atom stereocenters. The molecule has 2 aromatic carbocycles. The highest BCUT2D eigenvalue weighted by molar-refractivity contribution is 5.33. The summed E-state index contributed by atoms with van der Waals surface area (Å²) in [6.07, 6.45) is 2.41. The van der Waals surface area contributed by atoms with Crippen molar-refractivity contribution in [3.05, 3.63) is 65.7 Å². The van der Waals surface area contributed by atoms with E-state index in [1.54, 1.807) is 0 Å². The van der Waals surface area contributed by atoms with Gasteiger partial charge in [0.25, 0.3) is 0 Å². The minimum absolute atomic E-state index is 0.379. The molecule has 23 heavy (non-hydrogen) atoms.